The fourth-order valence-electron chi connectivity index (χ4n) is 6.09. The lowest BCUT2D eigenvalue weighted by molar-refractivity contribution is -0.146. The molecule has 1 aromatic heterocycles. The number of amides is 3. The van der Waals surface area contributed by atoms with Gasteiger partial charge in [0.05, 0.1) is 50.3 Å². The van der Waals surface area contributed by atoms with Crippen LogP contribution in [0.4, 0.5) is 5.82 Å². The normalized spacial score (nSPS) is 16.4. The van der Waals surface area contributed by atoms with Gasteiger partial charge in [0.1, 0.15) is 18.7 Å². The van der Waals surface area contributed by atoms with E-state index in [1.807, 2.05) is 39.0 Å². The Morgan fingerprint density at radius 3 is 2.15 bits per heavy atom. The molecule has 2 aromatic rings. The van der Waals surface area contributed by atoms with E-state index in [9.17, 15) is 19.2 Å². The van der Waals surface area contributed by atoms with Crippen LogP contribution in [0.25, 0.3) is 0 Å². The number of hydrogen-bond acceptors (Lipinski definition) is 10. The molecule has 3 rings (SSSR count). The average Bonchev–Trinajstić information content (AvgIpc) is 3.63. The van der Waals surface area contributed by atoms with Crippen molar-refractivity contribution in [2.75, 3.05) is 53.3 Å². The molecule has 52 heavy (non-hydrogen) atoms. The standard InChI is InChI=1S/C29H48N6O7.C7H8.C3H8/c1-9-18(2)27(34(5)25(37)15-30-23-13-19(3)32-17-33-23)22(40-6)14-24(36)35-12-10-11-21(35)28(42-8)20(4)29(39)31-16-26(38)41-7;1-7-5-3-2-4-6-7;1-3-2/h13,17-18,20-22,27-28H,9-12,14-16H2,1-8H3,(H,31,39)(H,30,32,33);2-6H,1H3;3H2,1-2H3. The van der Waals surface area contributed by atoms with Gasteiger partial charge in [-0.3, -0.25) is 19.2 Å². The minimum atomic E-state index is -0.612. The molecule has 292 valence electrons. The molecular formula is C39H64N6O7. The van der Waals surface area contributed by atoms with Gasteiger partial charge in [-0.2, -0.15) is 0 Å². The lowest BCUT2D eigenvalue weighted by Crippen LogP contribution is -2.54. The van der Waals surface area contributed by atoms with Crippen LogP contribution < -0.4 is 10.6 Å². The van der Waals surface area contributed by atoms with Gasteiger partial charge < -0.3 is 34.6 Å². The Morgan fingerprint density at radius 1 is 0.981 bits per heavy atom. The van der Waals surface area contributed by atoms with Crippen LogP contribution in [0.15, 0.2) is 42.7 Å². The number of aromatic nitrogens is 2. The van der Waals surface area contributed by atoms with Crippen molar-refractivity contribution < 1.29 is 33.4 Å². The topological polar surface area (TPSA) is 152 Å². The van der Waals surface area contributed by atoms with Crippen LogP contribution >= 0.6 is 0 Å². The summed E-state index contributed by atoms with van der Waals surface area (Å²) in [5, 5.41) is 5.62. The molecular weight excluding hydrogens is 664 g/mol. The Labute approximate surface area is 311 Å². The third kappa shape index (κ3) is 15.2. The number of methoxy groups -OCH3 is 3. The quantitative estimate of drug-likeness (QED) is 0.230. The highest BCUT2D eigenvalue weighted by Crippen LogP contribution is 2.29. The Balaban J connectivity index is 0.00000117. The van der Waals surface area contributed by atoms with E-state index in [0.29, 0.717) is 18.8 Å². The maximum Gasteiger partial charge on any atom is 0.325 e. The highest BCUT2D eigenvalue weighted by atomic mass is 16.5. The zero-order valence-electron chi connectivity index (χ0n) is 33.3. The smallest absolute Gasteiger partial charge is 0.325 e. The molecule has 2 heterocycles. The average molecular weight is 729 g/mol. The van der Waals surface area contributed by atoms with Crippen molar-refractivity contribution in [1.82, 2.24) is 25.1 Å². The summed E-state index contributed by atoms with van der Waals surface area (Å²) < 4.78 is 16.2. The van der Waals surface area contributed by atoms with Crippen molar-refractivity contribution in [3.63, 3.8) is 0 Å². The van der Waals surface area contributed by atoms with Gasteiger partial charge in [0.15, 0.2) is 0 Å². The van der Waals surface area contributed by atoms with Crippen molar-refractivity contribution in [1.29, 1.82) is 0 Å². The van der Waals surface area contributed by atoms with Crippen molar-refractivity contribution in [2.45, 2.75) is 105 Å². The first-order valence-corrected chi connectivity index (χ1v) is 18.3. The number of esters is 1. The SMILES string of the molecule is CCC.CCC(C)C(C(CC(=O)N1CCCC1C(OC)C(C)C(=O)NCC(=O)OC)OC)N(C)C(=O)CNc1cc(C)ncn1.Cc1ccccc1. The third-order valence-electron chi connectivity index (χ3n) is 9.10. The zero-order chi connectivity index (χ0) is 39.2. The second kappa shape index (κ2) is 25.0. The molecule has 13 heteroatoms. The second-order valence-electron chi connectivity index (χ2n) is 13.2. The van der Waals surface area contributed by atoms with Crippen LogP contribution in [-0.4, -0.2) is 116 Å². The molecule has 1 saturated heterocycles. The number of ether oxygens (including phenoxy) is 3. The van der Waals surface area contributed by atoms with Crippen LogP contribution in [0.5, 0.6) is 0 Å². The van der Waals surface area contributed by atoms with Gasteiger partial charge in [-0.15, -0.1) is 0 Å². The largest absolute Gasteiger partial charge is 0.468 e. The van der Waals surface area contributed by atoms with E-state index in [1.54, 1.807) is 36.9 Å². The molecule has 1 aromatic carbocycles. The number of carbonyl (C=O) groups is 4. The number of rotatable bonds is 16. The van der Waals surface area contributed by atoms with Crippen LogP contribution in [-0.2, 0) is 33.4 Å². The summed E-state index contributed by atoms with van der Waals surface area (Å²) in [5.41, 5.74) is 2.11. The van der Waals surface area contributed by atoms with Crippen molar-refractivity contribution in [3.8, 4) is 0 Å². The number of anilines is 1. The van der Waals surface area contributed by atoms with E-state index >= 15 is 0 Å². The van der Waals surface area contributed by atoms with E-state index in [-0.39, 0.29) is 55.2 Å². The highest BCUT2D eigenvalue weighted by Gasteiger charge is 2.42. The number of benzene rings is 1. The first-order chi connectivity index (χ1) is 24.8. The van der Waals surface area contributed by atoms with Crippen LogP contribution in [0.1, 0.15) is 78.0 Å². The number of nitrogens with one attached hydrogen (secondary N) is 2. The molecule has 2 N–H and O–H groups in total. The van der Waals surface area contributed by atoms with E-state index in [0.717, 1.165) is 18.5 Å². The summed E-state index contributed by atoms with van der Waals surface area (Å²) in [6.07, 6.45) is 3.87. The molecule has 1 fully saturated rings. The summed E-state index contributed by atoms with van der Waals surface area (Å²) in [6, 6.07) is 11.4. The molecule has 0 saturated carbocycles. The van der Waals surface area contributed by atoms with Gasteiger partial charge in [-0.25, -0.2) is 9.97 Å². The van der Waals surface area contributed by atoms with Gasteiger partial charge in [0, 0.05) is 39.6 Å². The van der Waals surface area contributed by atoms with Crippen molar-refractivity contribution in [3.05, 3.63) is 54.0 Å². The number of carbonyl (C=O) groups excluding carboxylic acids is 4. The number of hydrogen-bond donors (Lipinski definition) is 2. The molecule has 6 atom stereocenters. The zero-order valence-corrected chi connectivity index (χ0v) is 33.3. The number of likely N-dealkylation sites (tertiary alicyclic amines) is 1. The predicted molar refractivity (Wildman–Crippen MR) is 204 cm³/mol. The van der Waals surface area contributed by atoms with Gasteiger partial charge in [-0.05, 0) is 32.6 Å². The van der Waals surface area contributed by atoms with Gasteiger partial charge >= 0.3 is 5.97 Å². The maximum atomic E-state index is 13.7. The Hall–Kier alpha value is -4.10. The minimum absolute atomic E-state index is 0.0317. The first-order valence-electron chi connectivity index (χ1n) is 18.3. The molecule has 1 aliphatic heterocycles. The van der Waals surface area contributed by atoms with Crippen molar-refractivity contribution in [2.24, 2.45) is 11.8 Å². The first kappa shape index (κ1) is 45.9. The third-order valence-corrected chi connectivity index (χ3v) is 9.10. The predicted octanol–water partition coefficient (Wildman–Crippen LogP) is 4.82. The molecule has 0 spiro atoms. The fourth-order valence-corrected chi connectivity index (χ4v) is 6.09. The van der Waals surface area contributed by atoms with Gasteiger partial charge in [-0.1, -0.05) is 83.4 Å². The van der Waals surface area contributed by atoms with E-state index in [2.05, 4.69) is 58.2 Å². The number of likely N-dealkylation sites (N-methyl/N-ethyl adjacent to an activating group) is 1. The minimum Gasteiger partial charge on any atom is -0.468 e. The summed E-state index contributed by atoms with van der Waals surface area (Å²) in [4.78, 5) is 62.8. The summed E-state index contributed by atoms with van der Waals surface area (Å²) >= 11 is 0. The molecule has 3 amide bonds. The second-order valence-corrected chi connectivity index (χ2v) is 13.2. The molecule has 6 unspecified atom stereocenters. The lowest BCUT2D eigenvalue weighted by Gasteiger charge is -2.39. The summed E-state index contributed by atoms with van der Waals surface area (Å²) in [5.74, 6) is -1.19. The molecule has 0 radical (unpaired) electrons. The monoisotopic (exact) mass is 728 g/mol. The number of aryl methyl sites for hydroxylation is 2. The summed E-state index contributed by atoms with van der Waals surface area (Å²) in [7, 11) is 6.06. The Morgan fingerprint density at radius 2 is 1.63 bits per heavy atom. The molecule has 1 aliphatic rings. The van der Waals surface area contributed by atoms with E-state index in [1.165, 1.54) is 32.5 Å². The van der Waals surface area contributed by atoms with Crippen LogP contribution in [0, 0.1) is 25.7 Å². The molecule has 13 nitrogen and oxygen atoms in total. The Bertz CT molecular complexity index is 1350. The fraction of sp³-hybridized carbons (Fsp3) is 0.641. The van der Waals surface area contributed by atoms with E-state index in [4.69, 9.17) is 9.47 Å². The Kier molecular flexibility index (Phi) is 22.1. The van der Waals surface area contributed by atoms with Crippen LogP contribution in [0.2, 0.25) is 0 Å². The number of nitrogens with zero attached hydrogens (tertiary/aromatic N) is 4. The molecule has 0 aliphatic carbocycles. The van der Waals surface area contributed by atoms with E-state index < -0.39 is 24.1 Å². The molecule has 0 bridgehead atoms. The summed E-state index contributed by atoms with van der Waals surface area (Å²) in [6.45, 7) is 14.3. The van der Waals surface area contributed by atoms with Gasteiger partial charge in [0.2, 0.25) is 17.7 Å². The van der Waals surface area contributed by atoms with Crippen LogP contribution in [0.3, 0.4) is 0 Å². The highest BCUT2D eigenvalue weighted by molar-refractivity contribution is 5.84. The maximum absolute atomic E-state index is 13.7. The van der Waals surface area contributed by atoms with Crippen molar-refractivity contribution >= 4 is 29.5 Å². The van der Waals surface area contributed by atoms with Gasteiger partial charge in [0.25, 0.3) is 0 Å². The lowest BCUT2D eigenvalue weighted by atomic mass is 9.90.